The van der Waals surface area contributed by atoms with Crippen molar-refractivity contribution in [3.8, 4) is 11.3 Å². The summed E-state index contributed by atoms with van der Waals surface area (Å²) in [5.74, 6) is -0.0143. The second-order valence-electron chi connectivity index (χ2n) is 6.24. The van der Waals surface area contributed by atoms with Gasteiger partial charge in [-0.3, -0.25) is 4.79 Å². The number of anilines is 1. The standard InChI is InChI=1S/C22H20ClNO4/c1-3-13-27-22(26)15-7-9-16(10-8-15)24-21(25)20-12-11-19(28-20)17-5-4-6-18(23)14(17)2/h4-12H,3,13H2,1-2H3,(H,24,25). The van der Waals surface area contributed by atoms with Gasteiger partial charge in [0.25, 0.3) is 5.91 Å². The fourth-order valence-electron chi connectivity index (χ4n) is 2.64. The number of ether oxygens (including phenoxy) is 1. The number of furan rings is 1. The van der Waals surface area contributed by atoms with Gasteiger partial charge in [-0.15, -0.1) is 0 Å². The number of hydrogen-bond donors (Lipinski definition) is 1. The topological polar surface area (TPSA) is 68.5 Å². The van der Waals surface area contributed by atoms with Crippen LogP contribution in [0.15, 0.2) is 59.0 Å². The summed E-state index contributed by atoms with van der Waals surface area (Å²) in [6.45, 7) is 4.21. The van der Waals surface area contributed by atoms with E-state index in [0.717, 1.165) is 17.5 Å². The number of nitrogens with one attached hydrogen (secondary N) is 1. The normalized spacial score (nSPS) is 10.5. The first-order chi connectivity index (χ1) is 13.5. The van der Waals surface area contributed by atoms with Crippen molar-refractivity contribution < 1.29 is 18.7 Å². The molecule has 2 aromatic carbocycles. The lowest BCUT2D eigenvalue weighted by atomic mass is 10.1. The fourth-order valence-corrected chi connectivity index (χ4v) is 2.81. The molecule has 6 heteroatoms. The molecule has 0 unspecified atom stereocenters. The Bertz CT molecular complexity index is 992. The SMILES string of the molecule is CCCOC(=O)c1ccc(NC(=O)c2ccc(-c3cccc(Cl)c3C)o2)cc1. The number of benzene rings is 2. The van der Waals surface area contributed by atoms with Crippen LogP contribution in [0.4, 0.5) is 5.69 Å². The minimum absolute atomic E-state index is 0.181. The minimum Gasteiger partial charge on any atom is -0.462 e. The van der Waals surface area contributed by atoms with E-state index in [1.165, 1.54) is 0 Å². The lowest BCUT2D eigenvalue weighted by Gasteiger charge is -2.06. The van der Waals surface area contributed by atoms with Crippen molar-refractivity contribution in [1.29, 1.82) is 0 Å². The first kappa shape index (κ1) is 19.7. The quantitative estimate of drug-likeness (QED) is 0.539. The van der Waals surface area contributed by atoms with Crippen LogP contribution in [-0.4, -0.2) is 18.5 Å². The molecule has 0 saturated heterocycles. The Balaban J connectivity index is 1.69. The molecular weight excluding hydrogens is 378 g/mol. The third-order valence-electron chi connectivity index (χ3n) is 4.18. The fraction of sp³-hybridized carbons (Fsp3) is 0.182. The van der Waals surface area contributed by atoms with E-state index >= 15 is 0 Å². The van der Waals surface area contributed by atoms with Crippen molar-refractivity contribution in [3.63, 3.8) is 0 Å². The largest absolute Gasteiger partial charge is 0.462 e. The molecule has 0 spiro atoms. The third-order valence-corrected chi connectivity index (χ3v) is 4.59. The van der Waals surface area contributed by atoms with Gasteiger partial charge < -0.3 is 14.5 Å². The van der Waals surface area contributed by atoms with Crippen LogP contribution >= 0.6 is 11.6 Å². The number of carbonyl (C=O) groups excluding carboxylic acids is 2. The van der Waals surface area contributed by atoms with Crippen LogP contribution in [0.3, 0.4) is 0 Å². The average molecular weight is 398 g/mol. The van der Waals surface area contributed by atoms with Gasteiger partial charge in [0.15, 0.2) is 5.76 Å². The lowest BCUT2D eigenvalue weighted by Crippen LogP contribution is -2.11. The molecule has 3 rings (SSSR count). The van der Waals surface area contributed by atoms with Crippen LogP contribution in [0.25, 0.3) is 11.3 Å². The molecule has 3 aromatic rings. The highest BCUT2D eigenvalue weighted by molar-refractivity contribution is 6.31. The first-order valence-corrected chi connectivity index (χ1v) is 9.31. The molecule has 0 saturated carbocycles. The molecule has 0 aliphatic rings. The van der Waals surface area contributed by atoms with E-state index in [2.05, 4.69) is 5.32 Å². The Morgan fingerprint density at radius 1 is 1.07 bits per heavy atom. The average Bonchev–Trinajstić information content (AvgIpc) is 3.19. The Morgan fingerprint density at radius 2 is 1.82 bits per heavy atom. The Morgan fingerprint density at radius 3 is 2.54 bits per heavy atom. The molecule has 0 atom stereocenters. The van der Waals surface area contributed by atoms with Gasteiger partial charge in [0, 0.05) is 16.3 Å². The van der Waals surface area contributed by atoms with Crippen molar-refractivity contribution in [2.45, 2.75) is 20.3 Å². The zero-order chi connectivity index (χ0) is 20.1. The van der Waals surface area contributed by atoms with E-state index in [9.17, 15) is 9.59 Å². The van der Waals surface area contributed by atoms with E-state index in [0.29, 0.717) is 28.6 Å². The molecule has 144 valence electrons. The van der Waals surface area contributed by atoms with Gasteiger partial charge in [-0.25, -0.2) is 4.79 Å². The van der Waals surface area contributed by atoms with Crippen LogP contribution in [0.1, 0.15) is 39.8 Å². The zero-order valence-electron chi connectivity index (χ0n) is 15.6. The summed E-state index contributed by atoms with van der Waals surface area (Å²) < 4.78 is 10.8. The van der Waals surface area contributed by atoms with Gasteiger partial charge in [0.1, 0.15) is 5.76 Å². The summed E-state index contributed by atoms with van der Waals surface area (Å²) >= 11 is 6.15. The minimum atomic E-state index is -0.382. The number of amides is 1. The smallest absolute Gasteiger partial charge is 0.338 e. The molecule has 5 nitrogen and oxygen atoms in total. The molecule has 1 N–H and O–H groups in total. The number of hydrogen-bond acceptors (Lipinski definition) is 4. The van der Waals surface area contributed by atoms with Gasteiger partial charge in [-0.2, -0.15) is 0 Å². The first-order valence-electron chi connectivity index (χ1n) is 8.93. The van der Waals surface area contributed by atoms with Crippen molar-refractivity contribution in [1.82, 2.24) is 0 Å². The van der Waals surface area contributed by atoms with Gasteiger partial charge in [-0.05, 0) is 61.4 Å². The second kappa shape index (κ2) is 8.76. The molecule has 1 amide bonds. The van der Waals surface area contributed by atoms with Gasteiger partial charge >= 0.3 is 5.97 Å². The maximum Gasteiger partial charge on any atom is 0.338 e. The maximum absolute atomic E-state index is 12.4. The maximum atomic E-state index is 12.4. The number of rotatable bonds is 6. The summed E-state index contributed by atoms with van der Waals surface area (Å²) in [6, 6.07) is 15.4. The van der Waals surface area contributed by atoms with Crippen LogP contribution in [-0.2, 0) is 4.74 Å². The highest BCUT2D eigenvalue weighted by Crippen LogP contribution is 2.30. The van der Waals surface area contributed by atoms with Crippen molar-refractivity contribution in [2.24, 2.45) is 0 Å². The van der Waals surface area contributed by atoms with Crippen molar-refractivity contribution in [3.05, 3.63) is 76.5 Å². The Kier molecular flexibility index (Phi) is 6.16. The van der Waals surface area contributed by atoms with E-state index in [1.54, 1.807) is 42.5 Å². The second-order valence-corrected chi connectivity index (χ2v) is 6.65. The predicted octanol–water partition coefficient (Wildman–Crippen LogP) is 5.73. The summed E-state index contributed by atoms with van der Waals surface area (Å²) in [7, 11) is 0. The summed E-state index contributed by atoms with van der Waals surface area (Å²) in [5, 5.41) is 3.38. The Labute approximate surface area is 168 Å². The van der Waals surface area contributed by atoms with Crippen molar-refractivity contribution in [2.75, 3.05) is 11.9 Å². The van der Waals surface area contributed by atoms with E-state index in [1.807, 2.05) is 26.0 Å². The van der Waals surface area contributed by atoms with Gasteiger partial charge in [0.05, 0.1) is 12.2 Å². The van der Waals surface area contributed by atoms with Crippen LogP contribution in [0, 0.1) is 6.92 Å². The van der Waals surface area contributed by atoms with Crippen LogP contribution < -0.4 is 5.32 Å². The molecule has 1 heterocycles. The van der Waals surface area contributed by atoms with E-state index in [4.69, 9.17) is 20.8 Å². The molecule has 28 heavy (non-hydrogen) atoms. The van der Waals surface area contributed by atoms with E-state index in [-0.39, 0.29) is 17.6 Å². The third kappa shape index (κ3) is 4.43. The molecule has 0 bridgehead atoms. The van der Waals surface area contributed by atoms with Crippen LogP contribution in [0.5, 0.6) is 0 Å². The van der Waals surface area contributed by atoms with Crippen LogP contribution in [0.2, 0.25) is 5.02 Å². The molecule has 0 radical (unpaired) electrons. The predicted molar refractivity (Wildman–Crippen MR) is 109 cm³/mol. The number of carbonyl (C=O) groups is 2. The van der Waals surface area contributed by atoms with E-state index < -0.39 is 0 Å². The highest BCUT2D eigenvalue weighted by Gasteiger charge is 2.15. The molecule has 0 fully saturated rings. The molecule has 1 aromatic heterocycles. The molecule has 0 aliphatic heterocycles. The summed E-state index contributed by atoms with van der Waals surface area (Å²) in [6.07, 6.45) is 0.764. The lowest BCUT2D eigenvalue weighted by molar-refractivity contribution is 0.0505. The number of halogens is 1. The van der Waals surface area contributed by atoms with Gasteiger partial charge in [-0.1, -0.05) is 30.7 Å². The highest BCUT2D eigenvalue weighted by atomic mass is 35.5. The molecule has 0 aliphatic carbocycles. The molecular formula is C22H20ClNO4. The number of esters is 1. The monoisotopic (exact) mass is 397 g/mol. The Hall–Kier alpha value is -3.05. The summed E-state index contributed by atoms with van der Waals surface area (Å²) in [4.78, 5) is 24.3. The van der Waals surface area contributed by atoms with Gasteiger partial charge in [0.2, 0.25) is 0 Å². The zero-order valence-corrected chi connectivity index (χ0v) is 16.4. The van der Waals surface area contributed by atoms with Crippen molar-refractivity contribution >= 4 is 29.2 Å². The summed E-state index contributed by atoms with van der Waals surface area (Å²) in [5.41, 5.74) is 2.70.